The van der Waals surface area contributed by atoms with E-state index in [1.807, 2.05) is 0 Å². The third-order valence-electron chi connectivity index (χ3n) is 4.96. The van der Waals surface area contributed by atoms with Crippen molar-refractivity contribution in [2.24, 2.45) is 0 Å². The number of hydrogen-bond donors (Lipinski definition) is 2. The maximum atomic E-state index is 13.3. The molecule has 156 valence electrons. The Hall–Kier alpha value is -2.84. The number of nitrogens with zero attached hydrogens (tertiary/aromatic N) is 2. The lowest BCUT2D eigenvalue weighted by Gasteiger charge is -2.28. The van der Waals surface area contributed by atoms with Crippen molar-refractivity contribution in [3.05, 3.63) is 52.3 Å². The first kappa shape index (κ1) is 20.9. The number of amides is 2. The Morgan fingerprint density at radius 3 is 2.72 bits per heavy atom. The molecule has 0 radical (unpaired) electrons. The molecule has 2 aromatic rings. The van der Waals surface area contributed by atoms with Crippen LogP contribution in [0.3, 0.4) is 0 Å². The van der Waals surface area contributed by atoms with Crippen LogP contribution in [0, 0.1) is 0 Å². The molecule has 3 rings (SSSR count). The van der Waals surface area contributed by atoms with E-state index in [0.29, 0.717) is 18.5 Å². The zero-order valence-electron chi connectivity index (χ0n) is 16.1. The number of carbonyl (C=O) groups excluding carboxylic acids is 2. The minimum Gasteiger partial charge on any atom is -0.351 e. The highest BCUT2D eigenvalue weighted by Gasteiger charge is 2.37. The molecule has 2 amide bonds. The molecule has 1 aromatic heterocycles. The van der Waals surface area contributed by atoms with E-state index in [4.69, 9.17) is 0 Å². The van der Waals surface area contributed by atoms with Crippen LogP contribution in [-0.2, 0) is 19.1 Å². The van der Waals surface area contributed by atoms with Gasteiger partial charge in [0.25, 0.3) is 11.8 Å². The largest absolute Gasteiger partial charge is 0.417 e. The van der Waals surface area contributed by atoms with E-state index in [-0.39, 0.29) is 24.7 Å². The molecule has 0 saturated heterocycles. The second kappa shape index (κ2) is 8.67. The highest BCUT2D eigenvalue weighted by atomic mass is 19.4. The summed E-state index contributed by atoms with van der Waals surface area (Å²) in [6.45, 7) is 2.87. The maximum absolute atomic E-state index is 13.3. The van der Waals surface area contributed by atoms with Crippen LogP contribution >= 0.6 is 0 Å². The van der Waals surface area contributed by atoms with Crippen LogP contribution in [0.15, 0.2) is 24.3 Å². The van der Waals surface area contributed by atoms with Crippen LogP contribution in [0.1, 0.15) is 63.9 Å². The van der Waals surface area contributed by atoms with Crippen molar-refractivity contribution in [2.75, 3.05) is 13.1 Å². The number of halogens is 3. The number of aromatic nitrogens is 2. The average Bonchev–Trinajstić information content (AvgIpc) is 3.13. The summed E-state index contributed by atoms with van der Waals surface area (Å²) in [5, 5.41) is 9.68. The fourth-order valence-electron chi connectivity index (χ4n) is 3.40. The van der Waals surface area contributed by atoms with Gasteiger partial charge in [-0.3, -0.25) is 14.7 Å². The Kier molecular flexibility index (Phi) is 6.24. The van der Waals surface area contributed by atoms with Gasteiger partial charge in [-0.15, -0.1) is 0 Å². The summed E-state index contributed by atoms with van der Waals surface area (Å²) in [5.74, 6) is -1.05. The molecule has 9 heteroatoms. The fraction of sp³-hybridized carbons (Fsp3) is 0.450. The maximum Gasteiger partial charge on any atom is 0.417 e. The molecule has 2 N–H and O–H groups in total. The Balaban J connectivity index is 1.77. The summed E-state index contributed by atoms with van der Waals surface area (Å²) in [4.78, 5) is 26.6. The van der Waals surface area contributed by atoms with Crippen LogP contribution in [0.2, 0.25) is 0 Å². The summed E-state index contributed by atoms with van der Waals surface area (Å²) in [6.07, 6.45) is -1.34. The van der Waals surface area contributed by atoms with E-state index < -0.39 is 23.2 Å². The number of rotatable bonds is 6. The second-order valence-electron chi connectivity index (χ2n) is 7.01. The zero-order valence-corrected chi connectivity index (χ0v) is 16.1. The highest BCUT2D eigenvalue weighted by Crippen LogP contribution is 2.33. The quantitative estimate of drug-likeness (QED) is 0.718. The number of fused-ring (bicyclic) bond motifs is 1. The van der Waals surface area contributed by atoms with Crippen molar-refractivity contribution >= 4 is 11.8 Å². The van der Waals surface area contributed by atoms with Gasteiger partial charge in [-0.1, -0.05) is 31.9 Å². The molecule has 0 fully saturated rings. The molecule has 6 nitrogen and oxygen atoms in total. The van der Waals surface area contributed by atoms with E-state index in [0.717, 1.165) is 31.0 Å². The molecule has 0 aliphatic carbocycles. The molecule has 1 aliphatic rings. The van der Waals surface area contributed by atoms with Gasteiger partial charge in [0.1, 0.15) is 0 Å². The first-order chi connectivity index (χ1) is 13.8. The van der Waals surface area contributed by atoms with Gasteiger partial charge >= 0.3 is 6.18 Å². The number of carbonyl (C=O) groups is 2. The van der Waals surface area contributed by atoms with Gasteiger partial charge in [0.05, 0.1) is 17.7 Å². The smallest absolute Gasteiger partial charge is 0.351 e. The number of benzene rings is 1. The number of hydrogen-bond acceptors (Lipinski definition) is 3. The first-order valence-corrected chi connectivity index (χ1v) is 9.62. The standard InChI is InChI=1S/C20H23F3N4O2/c1-2-3-6-10-24-18(28)17-14-12-27(11-9-16(14)25-26-17)19(29)13-7-4-5-8-15(13)20(21,22)23/h4-5,7-8H,2-3,6,9-12H2,1H3,(H,24,28)(H,25,26). The molecule has 29 heavy (non-hydrogen) atoms. The van der Waals surface area contributed by atoms with Gasteiger partial charge in [-0.2, -0.15) is 18.3 Å². The third kappa shape index (κ3) is 4.60. The molecular formula is C20H23F3N4O2. The normalized spacial score (nSPS) is 13.9. The van der Waals surface area contributed by atoms with E-state index in [9.17, 15) is 22.8 Å². The van der Waals surface area contributed by atoms with Crippen molar-refractivity contribution in [2.45, 2.75) is 45.3 Å². The minimum atomic E-state index is -4.62. The topological polar surface area (TPSA) is 78.1 Å². The van der Waals surface area contributed by atoms with Crippen molar-refractivity contribution in [3.8, 4) is 0 Å². The van der Waals surface area contributed by atoms with Crippen LogP contribution in [0.5, 0.6) is 0 Å². The Bertz CT molecular complexity index is 892. The lowest BCUT2D eigenvalue weighted by molar-refractivity contribution is -0.138. The van der Waals surface area contributed by atoms with Crippen molar-refractivity contribution in [1.82, 2.24) is 20.4 Å². The summed E-state index contributed by atoms with van der Waals surface area (Å²) < 4.78 is 39.8. The molecular weight excluding hydrogens is 385 g/mol. The Morgan fingerprint density at radius 2 is 2.00 bits per heavy atom. The fourth-order valence-corrected chi connectivity index (χ4v) is 3.40. The van der Waals surface area contributed by atoms with Crippen LogP contribution in [0.4, 0.5) is 13.2 Å². The predicted molar refractivity (Wildman–Crippen MR) is 100 cm³/mol. The molecule has 1 aliphatic heterocycles. The Labute approximate surface area is 166 Å². The number of nitrogens with one attached hydrogen (secondary N) is 2. The van der Waals surface area contributed by atoms with Gasteiger partial charge < -0.3 is 10.2 Å². The zero-order chi connectivity index (χ0) is 21.0. The summed E-state index contributed by atoms with van der Waals surface area (Å²) >= 11 is 0. The average molecular weight is 408 g/mol. The van der Waals surface area contributed by atoms with Gasteiger partial charge in [-0.25, -0.2) is 0 Å². The lowest BCUT2D eigenvalue weighted by atomic mass is 10.0. The van der Waals surface area contributed by atoms with E-state index >= 15 is 0 Å². The van der Waals surface area contributed by atoms with Crippen molar-refractivity contribution < 1.29 is 22.8 Å². The molecule has 1 aromatic carbocycles. The summed E-state index contributed by atoms with van der Waals surface area (Å²) in [6, 6.07) is 4.74. The predicted octanol–water partition coefficient (Wildman–Crippen LogP) is 3.55. The number of unbranched alkanes of at least 4 members (excludes halogenated alkanes) is 2. The molecule has 2 heterocycles. The SMILES string of the molecule is CCCCCNC(=O)c1n[nH]c2c1CN(C(=O)c1ccccc1C(F)(F)F)CC2. The first-order valence-electron chi connectivity index (χ1n) is 9.62. The molecule has 0 unspecified atom stereocenters. The molecule has 0 bridgehead atoms. The second-order valence-corrected chi connectivity index (χ2v) is 7.01. The third-order valence-corrected chi connectivity index (χ3v) is 4.96. The monoisotopic (exact) mass is 408 g/mol. The number of aromatic amines is 1. The molecule has 0 spiro atoms. The minimum absolute atomic E-state index is 0.0363. The lowest BCUT2D eigenvalue weighted by Crippen LogP contribution is -2.37. The molecule has 0 atom stereocenters. The van der Waals surface area contributed by atoms with E-state index in [1.165, 1.54) is 23.1 Å². The van der Waals surface area contributed by atoms with Gasteiger partial charge in [0, 0.05) is 30.8 Å². The van der Waals surface area contributed by atoms with Crippen LogP contribution < -0.4 is 5.32 Å². The van der Waals surface area contributed by atoms with E-state index in [2.05, 4.69) is 22.4 Å². The summed E-state index contributed by atoms with van der Waals surface area (Å²) in [7, 11) is 0. The van der Waals surface area contributed by atoms with Gasteiger partial charge in [0.2, 0.25) is 0 Å². The highest BCUT2D eigenvalue weighted by molar-refractivity contribution is 5.97. The number of alkyl halides is 3. The number of H-pyrrole nitrogens is 1. The van der Waals surface area contributed by atoms with E-state index in [1.54, 1.807) is 0 Å². The van der Waals surface area contributed by atoms with Gasteiger partial charge in [-0.05, 0) is 18.6 Å². The van der Waals surface area contributed by atoms with Crippen molar-refractivity contribution in [1.29, 1.82) is 0 Å². The van der Waals surface area contributed by atoms with Gasteiger partial charge in [0.15, 0.2) is 5.69 Å². The Morgan fingerprint density at radius 1 is 1.24 bits per heavy atom. The van der Waals surface area contributed by atoms with Crippen molar-refractivity contribution in [3.63, 3.8) is 0 Å². The summed E-state index contributed by atoms with van der Waals surface area (Å²) in [5.41, 5.74) is 0.131. The van der Waals surface area contributed by atoms with Crippen LogP contribution in [0.25, 0.3) is 0 Å². The van der Waals surface area contributed by atoms with Crippen LogP contribution in [-0.4, -0.2) is 40.0 Å². The molecule has 0 saturated carbocycles.